The van der Waals surface area contributed by atoms with E-state index in [1.165, 1.54) is 23.0 Å². The number of hydrogen-bond donors (Lipinski definition) is 2. The van der Waals surface area contributed by atoms with E-state index in [4.69, 9.17) is 25.8 Å². The highest BCUT2D eigenvalue weighted by Gasteiger charge is 2.35. The zero-order chi connectivity index (χ0) is 29.7. The standard InChI is InChI=1S/C25H30ClFN4O8S2/c1-37-16-5-7-30(8-6-16)25(34)17(13-28-24(33)19-3-4-21(26)40-19)29-41(35,36)20-12-15(27)11-18(23(20)38-2)31-9-10-39-14-22(31)32/h3-4,11-12,16-17,29H,5-10,13-14H2,1-2H3,(H,28,33)/t17-/m0/s1. The third kappa shape index (κ3) is 7.34. The van der Waals surface area contributed by atoms with Gasteiger partial charge in [0.25, 0.3) is 11.8 Å². The summed E-state index contributed by atoms with van der Waals surface area (Å²) in [6.07, 6.45) is 1.07. The van der Waals surface area contributed by atoms with Crippen LogP contribution >= 0.6 is 22.9 Å². The second-order valence-corrected chi connectivity index (χ2v) is 12.7. The quantitative estimate of drug-likeness (QED) is 0.402. The Morgan fingerprint density at radius 1 is 1.22 bits per heavy atom. The molecule has 1 aromatic carbocycles. The van der Waals surface area contributed by atoms with Gasteiger partial charge in [-0.15, -0.1) is 11.3 Å². The van der Waals surface area contributed by atoms with Crippen LogP contribution in [0.15, 0.2) is 29.2 Å². The van der Waals surface area contributed by atoms with Gasteiger partial charge in [0.05, 0.1) is 34.7 Å². The van der Waals surface area contributed by atoms with E-state index in [0.29, 0.717) is 30.3 Å². The minimum absolute atomic E-state index is 0.0321. The summed E-state index contributed by atoms with van der Waals surface area (Å²) in [4.78, 5) is 41.0. The van der Waals surface area contributed by atoms with Gasteiger partial charge in [0.15, 0.2) is 5.75 Å². The lowest BCUT2D eigenvalue weighted by atomic mass is 10.1. The van der Waals surface area contributed by atoms with Gasteiger partial charge in [0, 0.05) is 39.4 Å². The number of carbonyl (C=O) groups is 3. The van der Waals surface area contributed by atoms with Crippen molar-refractivity contribution in [3.05, 3.63) is 39.3 Å². The highest BCUT2D eigenvalue weighted by Crippen LogP contribution is 2.37. The number of anilines is 1. The molecule has 1 atom stereocenters. The van der Waals surface area contributed by atoms with Crippen LogP contribution in [0.4, 0.5) is 10.1 Å². The number of piperidine rings is 1. The fourth-order valence-electron chi connectivity index (χ4n) is 4.61. The number of amides is 3. The number of likely N-dealkylation sites (tertiary alicyclic amines) is 1. The molecule has 0 bridgehead atoms. The monoisotopic (exact) mass is 632 g/mol. The maximum absolute atomic E-state index is 14.8. The van der Waals surface area contributed by atoms with Crippen LogP contribution in [0.1, 0.15) is 22.5 Å². The average molecular weight is 633 g/mol. The molecule has 2 aliphatic heterocycles. The van der Waals surface area contributed by atoms with Crippen LogP contribution in [0.3, 0.4) is 0 Å². The molecule has 224 valence electrons. The Kier molecular flexibility index (Phi) is 10.2. The number of thiophene rings is 1. The van der Waals surface area contributed by atoms with Gasteiger partial charge < -0.3 is 29.3 Å². The number of hydrogen-bond acceptors (Lipinski definition) is 9. The third-order valence-corrected chi connectivity index (χ3v) is 9.42. The molecular formula is C25H30ClFN4O8S2. The maximum atomic E-state index is 14.8. The Morgan fingerprint density at radius 3 is 2.56 bits per heavy atom. The smallest absolute Gasteiger partial charge is 0.261 e. The molecule has 41 heavy (non-hydrogen) atoms. The van der Waals surface area contributed by atoms with Crippen molar-refractivity contribution in [3.8, 4) is 5.75 Å². The zero-order valence-corrected chi connectivity index (χ0v) is 24.7. The van der Waals surface area contributed by atoms with Crippen molar-refractivity contribution in [3.63, 3.8) is 0 Å². The molecule has 0 aliphatic carbocycles. The van der Waals surface area contributed by atoms with Crippen molar-refractivity contribution in [1.29, 1.82) is 0 Å². The van der Waals surface area contributed by atoms with Crippen molar-refractivity contribution in [2.24, 2.45) is 0 Å². The SMILES string of the molecule is COc1c(N2CCOCC2=O)cc(F)cc1S(=O)(=O)N[C@@H](CNC(=O)c1ccc(Cl)s1)C(=O)N1CCC(OC)CC1. The fraction of sp³-hybridized carbons (Fsp3) is 0.480. The lowest BCUT2D eigenvalue weighted by Gasteiger charge is -2.34. The molecule has 2 fully saturated rings. The van der Waals surface area contributed by atoms with Crippen molar-refractivity contribution >= 4 is 56.4 Å². The fourth-order valence-corrected chi connectivity index (χ4v) is 6.96. The van der Waals surface area contributed by atoms with E-state index in [1.807, 2.05) is 0 Å². The predicted molar refractivity (Wildman–Crippen MR) is 149 cm³/mol. The Morgan fingerprint density at radius 2 is 1.95 bits per heavy atom. The molecule has 1 aromatic heterocycles. The second kappa shape index (κ2) is 13.4. The zero-order valence-electron chi connectivity index (χ0n) is 22.4. The van der Waals surface area contributed by atoms with Crippen LogP contribution in [0, 0.1) is 5.82 Å². The van der Waals surface area contributed by atoms with Crippen LogP contribution < -0.4 is 19.7 Å². The highest BCUT2D eigenvalue weighted by molar-refractivity contribution is 7.89. The first-order valence-corrected chi connectivity index (χ1v) is 15.3. The number of ether oxygens (including phenoxy) is 3. The molecule has 3 amide bonds. The number of rotatable bonds is 10. The van der Waals surface area contributed by atoms with Gasteiger partial charge in [-0.25, -0.2) is 12.8 Å². The van der Waals surface area contributed by atoms with E-state index in [1.54, 1.807) is 13.2 Å². The maximum Gasteiger partial charge on any atom is 0.261 e. The van der Waals surface area contributed by atoms with E-state index >= 15 is 0 Å². The third-order valence-electron chi connectivity index (χ3n) is 6.72. The predicted octanol–water partition coefficient (Wildman–Crippen LogP) is 1.63. The molecule has 4 rings (SSSR count). The summed E-state index contributed by atoms with van der Waals surface area (Å²) in [6, 6.07) is 3.34. The Balaban J connectivity index is 1.63. The van der Waals surface area contributed by atoms with Gasteiger partial charge in [0.1, 0.15) is 23.4 Å². The number of halogens is 2. The first-order valence-electron chi connectivity index (χ1n) is 12.7. The number of carbonyl (C=O) groups excluding carboxylic acids is 3. The molecule has 2 N–H and O–H groups in total. The lowest BCUT2D eigenvalue weighted by molar-refractivity contribution is -0.135. The summed E-state index contributed by atoms with van der Waals surface area (Å²) in [5.41, 5.74) is -0.0893. The minimum Gasteiger partial charge on any atom is -0.493 e. The molecule has 3 heterocycles. The second-order valence-electron chi connectivity index (χ2n) is 9.30. The minimum atomic E-state index is -4.64. The molecule has 2 saturated heterocycles. The number of sulfonamides is 1. The van der Waals surface area contributed by atoms with E-state index in [-0.39, 0.29) is 42.2 Å². The number of nitrogens with zero attached hydrogens (tertiary/aromatic N) is 2. The van der Waals surface area contributed by atoms with E-state index in [2.05, 4.69) is 10.0 Å². The Bertz CT molecular complexity index is 1400. The summed E-state index contributed by atoms with van der Waals surface area (Å²) in [5, 5.41) is 2.58. The molecule has 0 saturated carbocycles. The van der Waals surface area contributed by atoms with Crippen LogP contribution in [-0.2, 0) is 29.1 Å². The van der Waals surface area contributed by atoms with Crippen LogP contribution in [0.5, 0.6) is 5.75 Å². The average Bonchev–Trinajstić information content (AvgIpc) is 3.40. The number of morpholine rings is 1. The van der Waals surface area contributed by atoms with Gasteiger partial charge in [-0.05, 0) is 31.0 Å². The topological polar surface area (TPSA) is 144 Å². The molecule has 2 aliphatic rings. The molecule has 0 unspecified atom stereocenters. The largest absolute Gasteiger partial charge is 0.493 e. The Labute approximate surface area is 245 Å². The summed E-state index contributed by atoms with van der Waals surface area (Å²) in [6.45, 7) is 0.196. The van der Waals surface area contributed by atoms with Gasteiger partial charge in [-0.2, -0.15) is 4.72 Å². The van der Waals surface area contributed by atoms with Crippen LogP contribution in [-0.4, -0.2) is 96.8 Å². The lowest BCUT2D eigenvalue weighted by Crippen LogP contribution is -2.55. The summed E-state index contributed by atoms with van der Waals surface area (Å²) < 4.78 is 60.7. The number of nitrogens with one attached hydrogen (secondary N) is 2. The van der Waals surface area contributed by atoms with Crippen LogP contribution in [0.2, 0.25) is 4.34 Å². The summed E-state index contributed by atoms with van der Waals surface area (Å²) in [5.74, 6) is -2.84. The molecule has 0 spiro atoms. The first-order chi connectivity index (χ1) is 19.5. The van der Waals surface area contributed by atoms with Gasteiger partial charge in [0.2, 0.25) is 15.9 Å². The Hall–Kier alpha value is -2.82. The number of methoxy groups -OCH3 is 2. The highest BCUT2D eigenvalue weighted by atomic mass is 35.5. The van der Waals surface area contributed by atoms with Crippen LogP contribution in [0.25, 0.3) is 0 Å². The summed E-state index contributed by atoms with van der Waals surface area (Å²) in [7, 11) is -1.87. The molecule has 2 aromatic rings. The first kappa shape index (κ1) is 31.1. The van der Waals surface area contributed by atoms with Crippen molar-refractivity contribution < 1.29 is 41.4 Å². The van der Waals surface area contributed by atoms with Gasteiger partial charge >= 0.3 is 0 Å². The van der Waals surface area contributed by atoms with Crippen molar-refractivity contribution in [1.82, 2.24) is 14.9 Å². The molecule has 16 heteroatoms. The van der Waals surface area contributed by atoms with E-state index < -0.39 is 51.0 Å². The van der Waals surface area contributed by atoms with Gasteiger partial charge in [-0.3, -0.25) is 14.4 Å². The molecular weight excluding hydrogens is 603 g/mol. The van der Waals surface area contributed by atoms with Crippen molar-refractivity contribution in [2.45, 2.75) is 29.9 Å². The van der Waals surface area contributed by atoms with E-state index in [0.717, 1.165) is 23.5 Å². The number of benzene rings is 1. The van der Waals surface area contributed by atoms with Gasteiger partial charge in [-0.1, -0.05) is 11.6 Å². The molecule has 0 radical (unpaired) electrons. The summed E-state index contributed by atoms with van der Waals surface area (Å²) >= 11 is 6.94. The normalized spacial score (nSPS) is 17.4. The molecule has 12 nitrogen and oxygen atoms in total. The van der Waals surface area contributed by atoms with Crippen molar-refractivity contribution in [2.75, 3.05) is 58.5 Å². The van der Waals surface area contributed by atoms with E-state index in [9.17, 15) is 27.2 Å².